The fourth-order valence-electron chi connectivity index (χ4n) is 1.89. The summed E-state index contributed by atoms with van der Waals surface area (Å²) in [5.74, 6) is 2.57. The maximum atomic E-state index is 11.7. The number of hydrogen-bond acceptors (Lipinski definition) is 5. The highest BCUT2D eigenvalue weighted by Gasteiger charge is 2.35. The van der Waals surface area contributed by atoms with Crippen molar-refractivity contribution < 1.29 is 14.9 Å². The van der Waals surface area contributed by atoms with E-state index in [4.69, 9.17) is 9.84 Å². The quantitative estimate of drug-likeness (QED) is 0.449. The highest BCUT2D eigenvalue weighted by atomic mass is 127. The van der Waals surface area contributed by atoms with Crippen molar-refractivity contribution in [1.29, 1.82) is 0 Å². The average molecular weight is 378 g/mol. The van der Waals surface area contributed by atoms with E-state index in [2.05, 4.69) is 14.8 Å². The zero-order valence-electron chi connectivity index (χ0n) is 9.67. The summed E-state index contributed by atoms with van der Waals surface area (Å²) in [6.07, 6.45) is -0.861. The van der Waals surface area contributed by atoms with Gasteiger partial charge in [-0.05, 0) is 9.85 Å². The van der Waals surface area contributed by atoms with E-state index in [1.54, 1.807) is 22.6 Å². The first kappa shape index (κ1) is 14.3. The summed E-state index contributed by atoms with van der Waals surface area (Å²) in [5.41, 5.74) is -1.07. The van der Waals surface area contributed by atoms with Crippen molar-refractivity contribution in [3.63, 3.8) is 0 Å². The molecule has 0 spiro atoms. The number of nitrogens with one attached hydrogen (secondary N) is 1. The Morgan fingerprint density at radius 2 is 2.32 bits per heavy atom. The lowest BCUT2D eigenvalue weighted by Gasteiger charge is -2.14. The van der Waals surface area contributed by atoms with Crippen LogP contribution in [0.1, 0.15) is 18.2 Å². The third-order valence-corrected chi connectivity index (χ3v) is 3.11. The lowest BCUT2D eigenvalue weighted by atomic mass is 10.2. The molecule has 0 aromatic carbocycles. The van der Waals surface area contributed by atoms with E-state index in [9.17, 15) is 14.7 Å². The first-order valence-electron chi connectivity index (χ1n) is 5.48. The van der Waals surface area contributed by atoms with Crippen LogP contribution in [0.5, 0.6) is 0 Å². The van der Waals surface area contributed by atoms with Crippen molar-refractivity contribution in [2.24, 2.45) is 0 Å². The largest absolute Gasteiger partial charge is 0.394 e. The number of ether oxygens (including phenoxy) is 1. The number of H-pyrrole nitrogens is 1. The number of nitrogens with zero attached hydrogens (tertiary/aromatic N) is 1. The van der Waals surface area contributed by atoms with Gasteiger partial charge in [-0.3, -0.25) is 14.3 Å². The Morgan fingerprint density at radius 3 is 2.89 bits per heavy atom. The van der Waals surface area contributed by atoms with Crippen LogP contribution in [0.3, 0.4) is 0 Å². The second-order valence-electron chi connectivity index (χ2n) is 4.04. The molecular formula is C11H11IN2O5. The minimum absolute atomic E-state index is 0.138. The van der Waals surface area contributed by atoms with Crippen molar-refractivity contribution in [3.05, 3.63) is 32.6 Å². The van der Waals surface area contributed by atoms with E-state index in [1.807, 2.05) is 0 Å². The maximum absolute atomic E-state index is 11.7. The number of aromatic nitrogens is 2. The number of aromatic amines is 1. The molecule has 102 valence electrons. The standard InChI is InChI=1S/C11H11IN2O5/c12-2-1-6-4-14(11(18)13-10(6)17)9-3-7(16)8(5-15)19-9/h4,7-9,15-16H,3,5H2,(H,13,17,18)/t7-,8+,9+/m0/s1. The van der Waals surface area contributed by atoms with Gasteiger partial charge >= 0.3 is 5.69 Å². The zero-order valence-corrected chi connectivity index (χ0v) is 11.8. The Bertz CT molecular complexity index is 641. The van der Waals surface area contributed by atoms with Gasteiger partial charge in [-0.25, -0.2) is 4.79 Å². The molecule has 2 rings (SSSR count). The molecule has 2 heterocycles. The minimum Gasteiger partial charge on any atom is -0.394 e. The molecular weight excluding hydrogens is 367 g/mol. The molecule has 1 aromatic rings. The molecule has 0 amide bonds. The van der Waals surface area contributed by atoms with Gasteiger partial charge in [0.25, 0.3) is 5.56 Å². The van der Waals surface area contributed by atoms with Crippen molar-refractivity contribution in [1.82, 2.24) is 9.55 Å². The van der Waals surface area contributed by atoms with Crippen molar-refractivity contribution in [2.45, 2.75) is 24.9 Å². The number of aliphatic hydroxyl groups excluding tert-OH is 2. The Kier molecular flexibility index (Phi) is 4.41. The van der Waals surface area contributed by atoms with E-state index in [-0.39, 0.29) is 18.6 Å². The SMILES string of the molecule is O=c1[nH]c(=O)n([C@H]2C[C@H](O)[C@@H](CO)O2)cc1C#CI. The molecule has 3 N–H and O–H groups in total. The molecule has 0 bridgehead atoms. The van der Waals surface area contributed by atoms with Gasteiger partial charge in [-0.15, -0.1) is 0 Å². The van der Waals surface area contributed by atoms with Gasteiger partial charge in [-0.2, -0.15) is 0 Å². The summed E-state index contributed by atoms with van der Waals surface area (Å²) in [6, 6.07) is 0. The van der Waals surface area contributed by atoms with E-state index < -0.39 is 29.7 Å². The molecule has 0 radical (unpaired) electrons. The van der Waals surface area contributed by atoms with Gasteiger partial charge in [0.1, 0.15) is 17.9 Å². The van der Waals surface area contributed by atoms with Crippen molar-refractivity contribution >= 4 is 22.6 Å². The first-order chi connectivity index (χ1) is 9.06. The highest BCUT2D eigenvalue weighted by molar-refractivity contribution is 14.1. The molecule has 19 heavy (non-hydrogen) atoms. The summed E-state index contributed by atoms with van der Waals surface area (Å²) in [6.45, 7) is -0.337. The monoisotopic (exact) mass is 378 g/mol. The van der Waals surface area contributed by atoms with Gasteiger partial charge in [0, 0.05) is 35.2 Å². The number of rotatable bonds is 2. The first-order valence-corrected chi connectivity index (χ1v) is 6.56. The maximum Gasteiger partial charge on any atom is 0.330 e. The molecule has 3 atom stereocenters. The molecule has 1 saturated heterocycles. The van der Waals surface area contributed by atoms with Crippen LogP contribution < -0.4 is 11.2 Å². The zero-order chi connectivity index (χ0) is 14.0. The van der Waals surface area contributed by atoms with Crippen LogP contribution in [0.15, 0.2) is 15.8 Å². The van der Waals surface area contributed by atoms with Crippen LogP contribution in [-0.2, 0) is 4.74 Å². The smallest absolute Gasteiger partial charge is 0.330 e. The van der Waals surface area contributed by atoms with Gasteiger partial charge in [0.05, 0.1) is 12.7 Å². The van der Waals surface area contributed by atoms with Crippen LogP contribution in [-0.4, -0.2) is 38.6 Å². The van der Waals surface area contributed by atoms with E-state index >= 15 is 0 Å². The fraction of sp³-hybridized carbons (Fsp3) is 0.455. The molecule has 1 aliphatic rings. The molecule has 1 aromatic heterocycles. The molecule has 0 aliphatic carbocycles. The lowest BCUT2D eigenvalue weighted by Crippen LogP contribution is -2.33. The van der Waals surface area contributed by atoms with Crippen LogP contribution in [0.4, 0.5) is 0 Å². The van der Waals surface area contributed by atoms with Gasteiger partial charge in [0.15, 0.2) is 0 Å². The van der Waals surface area contributed by atoms with Crippen LogP contribution in [0.2, 0.25) is 0 Å². The Labute approximate surface area is 121 Å². The predicted octanol–water partition coefficient (Wildman–Crippen LogP) is -1.08. The number of hydrogen-bond donors (Lipinski definition) is 3. The van der Waals surface area contributed by atoms with E-state index in [0.29, 0.717) is 0 Å². The molecule has 0 unspecified atom stereocenters. The van der Waals surface area contributed by atoms with Crippen LogP contribution >= 0.6 is 22.6 Å². The molecule has 8 heteroatoms. The van der Waals surface area contributed by atoms with Crippen molar-refractivity contribution in [3.8, 4) is 9.85 Å². The Morgan fingerprint density at radius 1 is 1.58 bits per heavy atom. The average Bonchev–Trinajstić information content (AvgIpc) is 2.74. The normalized spacial score (nSPS) is 25.9. The number of aliphatic hydroxyl groups is 2. The van der Waals surface area contributed by atoms with Crippen LogP contribution in [0, 0.1) is 9.85 Å². The van der Waals surface area contributed by atoms with Gasteiger partial charge in [-0.1, -0.05) is 0 Å². The third kappa shape index (κ3) is 2.89. The second-order valence-corrected chi connectivity index (χ2v) is 4.58. The van der Waals surface area contributed by atoms with Gasteiger partial charge < -0.3 is 14.9 Å². The van der Waals surface area contributed by atoms with Gasteiger partial charge in [0.2, 0.25) is 0 Å². The van der Waals surface area contributed by atoms with E-state index in [1.165, 1.54) is 6.20 Å². The second kappa shape index (κ2) is 5.87. The third-order valence-electron chi connectivity index (χ3n) is 2.84. The fourth-order valence-corrected chi connectivity index (χ4v) is 2.18. The predicted molar refractivity (Wildman–Crippen MR) is 73.8 cm³/mol. The molecule has 0 saturated carbocycles. The summed E-state index contributed by atoms with van der Waals surface area (Å²) in [4.78, 5) is 25.3. The lowest BCUT2D eigenvalue weighted by molar-refractivity contribution is -0.0459. The van der Waals surface area contributed by atoms with Crippen molar-refractivity contribution in [2.75, 3.05) is 6.61 Å². The molecule has 1 aliphatic heterocycles. The minimum atomic E-state index is -0.854. The van der Waals surface area contributed by atoms with E-state index in [0.717, 1.165) is 4.57 Å². The number of halogens is 1. The Balaban J connectivity index is 2.40. The molecule has 7 nitrogen and oxygen atoms in total. The summed E-state index contributed by atoms with van der Waals surface area (Å²) in [5, 5.41) is 18.6. The van der Waals surface area contributed by atoms with Crippen LogP contribution in [0.25, 0.3) is 0 Å². The summed E-state index contributed by atoms with van der Waals surface area (Å²) >= 11 is 1.78. The summed E-state index contributed by atoms with van der Waals surface area (Å²) < 4.78 is 9.06. The molecule has 1 fully saturated rings. The topological polar surface area (TPSA) is 105 Å². The summed E-state index contributed by atoms with van der Waals surface area (Å²) in [7, 11) is 0. The highest BCUT2D eigenvalue weighted by Crippen LogP contribution is 2.27. The Hall–Kier alpha value is -1.15.